The van der Waals surface area contributed by atoms with E-state index in [9.17, 15) is 18.0 Å². The number of nitrogens with zero attached hydrogens (tertiary/aromatic N) is 7. The highest BCUT2D eigenvalue weighted by molar-refractivity contribution is 6.12. The Morgan fingerprint density at radius 3 is 2.45 bits per heavy atom. The molecule has 1 saturated heterocycles. The molecule has 0 N–H and O–H groups in total. The number of fused-ring (bicyclic) bond motifs is 2. The third-order valence-corrected chi connectivity index (χ3v) is 8.72. The molecular formula is C33H32F3N7O4. The predicted octanol–water partition coefficient (Wildman–Crippen LogP) is 5.41. The van der Waals surface area contributed by atoms with E-state index >= 15 is 0 Å². The van der Waals surface area contributed by atoms with Crippen LogP contribution in [0.5, 0.6) is 11.5 Å². The summed E-state index contributed by atoms with van der Waals surface area (Å²) in [6.45, 7) is 1.66. The molecule has 3 aromatic heterocycles. The van der Waals surface area contributed by atoms with Gasteiger partial charge in [-0.15, -0.1) is 0 Å². The molecule has 244 valence electrons. The van der Waals surface area contributed by atoms with Crippen LogP contribution in [0, 0.1) is 0 Å². The van der Waals surface area contributed by atoms with Gasteiger partial charge >= 0.3 is 6.18 Å². The van der Waals surface area contributed by atoms with Gasteiger partial charge < -0.3 is 18.8 Å². The number of imidazole rings is 1. The van der Waals surface area contributed by atoms with Gasteiger partial charge in [0, 0.05) is 80.4 Å². The molecule has 7 rings (SSSR count). The molecule has 2 aliphatic heterocycles. The van der Waals surface area contributed by atoms with Crippen LogP contribution in [-0.4, -0.2) is 69.2 Å². The number of alkyl halides is 3. The minimum absolute atomic E-state index is 0.0342. The molecule has 2 aliphatic rings. The number of aryl methyl sites for hydroxylation is 1. The summed E-state index contributed by atoms with van der Waals surface area (Å²) in [6.07, 6.45) is 3.43. The molecule has 0 atom stereocenters. The zero-order chi connectivity index (χ0) is 32.9. The lowest BCUT2D eigenvalue weighted by Gasteiger charge is -2.31. The smallest absolute Gasteiger partial charge is 0.435 e. The van der Waals surface area contributed by atoms with Gasteiger partial charge in [-0.25, -0.2) is 15.0 Å². The van der Waals surface area contributed by atoms with Crippen LogP contribution in [0.3, 0.4) is 0 Å². The van der Waals surface area contributed by atoms with E-state index in [1.165, 1.54) is 20.4 Å². The van der Waals surface area contributed by atoms with Crippen molar-refractivity contribution in [1.82, 2.24) is 29.3 Å². The van der Waals surface area contributed by atoms with Crippen molar-refractivity contribution >= 4 is 22.6 Å². The maximum absolute atomic E-state index is 14.6. The second kappa shape index (κ2) is 12.0. The standard InChI is InChI=1S/C33H32F3N7O4/c1-41-17-25(29(40-41)33(34,35)36)22-12-19(16-42-9-7-37-18-42)13-23-21(22)4-8-43(32(23)44)31-24-14-27(45-2)28(46-3)15-26(24)38-30(39-31)20-5-10-47-11-6-20/h7,9,12-15,17-18,20H,4-6,8,10-11,16H2,1-3H3. The van der Waals surface area contributed by atoms with Gasteiger partial charge in [0.05, 0.1) is 26.1 Å². The van der Waals surface area contributed by atoms with E-state index in [0.29, 0.717) is 82.5 Å². The first kappa shape index (κ1) is 30.7. The molecular weight excluding hydrogens is 615 g/mol. The minimum atomic E-state index is -4.69. The van der Waals surface area contributed by atoms with E-state index < -0.39 is 11.9 Å². The molecule has 5 heterocycles. The lowest BCUT2D eigenvalue weighted by molar-refractivity contribution is -0.141. The number of hydrogen-bond donors (Lipinski definition) is 0. The first-order valence-electron chi connectivity index (χ1n) is 15.2. The summed E-state index contributed by atoms with van der Waals surface area (Å²) >= 11 is 0. The number of hydrogen-bond acceptors (Lipinski definition) is 8. The van der Waals surface area contributed by atoms with Crippen LogP contribution >= 0.6 is 0 Å². The molecule has 2 aromatic carbocycles. The van der Waals surface area contributed by atoms with E-state index in [1.54, 1.807) is 59.6 Å². The van der Waals surface area contributed by atoms with E-state index in [0.717, 1.165) is 17.5 Å². The number of methoxy groups -OCH3 is 2. The predicted molar refractivity (Wildman–Crippen MR) is 166 cm³/mol. The van der Waals surface area contributed by atoms with Gasteiger partial charge in [-0.1, -0.05) is 0 Å². The molecule has 14 heteroatoms. The van der Waals surface area contributed by atoms with Gasteiger partial charge in [-0.2, -0.15) is 18.3 Å². The average Bonchev–Trinajstić information content (AvgIpc) is 3.73. The molecule has 0 unspecified atom stereocenters. The number of ether oxygens (including phenoxy) is 3. The third kappa shape index (κ3) is 5.66. The van der Waals surface area contributed by atoms with Crippen molar-refractivity contribution in [2.75, 3.05) is 38.9 Å². The van der Waals surface area contributed by atoms with E-state index in [4.69, 9.17) is 24.2 Å². The SMILES string of the molecule is COc1cc2nc(C3CCOCC3)nc(N3CCc4c(cc(Cn5ccnc5)cc4-c4cn(C)nc4C(F)(F)F)C3=O)c2cc1OC. The van der Waals surface area contributed by atoms with Crippen LogP contribution in [0.25, 0.3) is 22.0 Å². The first-order valence-corrected chi connectivity index (χ1v) is 15.2. The first-order chi connectivity index (χ1) is 22.6. The summed E-state index contributed by atoms with van der Waals surface area (Å²) in [5.41, 5.74) is 1.32. The topological polar surface area (TPSA) is 109 Å². The van der Waals surface area contributed by atoms with Gasteiger partial charge in [-0.3, -0.25) is 14.4 Å². The summed E-state index contributed by atoms with van der Waals surface area (Å²) < 4.78 is 62.2. The van der Waals surface area contributed by atoms with Crippen LogP contribution < -0.4 is 14.4 Å². The summed E-state index contributed by atoms with van der Waals surface area (Å²) in [5.74, 6) is 1.61. The van der Waals surface area contributed by atoms with Crippen LogP contribution in [-0.2, 0) is 30.9 Å². The summed E-state index contributed by atoms with van der Waals surface area (Å²) in [6, 6.07) is 7.00. The largest absolute Gasteiger partial charge is 0.493 e. The minimum Gasteiger partial charge on any atom is -0.493 e. The monoisotopic (exact) mass is 647 g/mol. The second-order valence-corrected chi connectivity index (χ2v) is 11.7. The Morgan fingerprint density at radius 1 is 1.00 bits per heavy atom. The lowest BCUT2D eigenvalue weighted by atomic mass is 9.88. The zero-order valence-corrected chi connectivity index (χ0v) is 26.0. The van der Waals surface area contributed by atoms with E-state index in [1.807, 2.05) is 0 Å². The van der Waals surface area contributed by atoms with Gasteiger partial charge in [0.25, 0.3) is 5.91 Å². The van der Waals surface area contributed by atoms with Gasteiger partial charge in [0.2, 0.25) is 0 Å². The number of rotatable bonds is 7. The Labute approximate surface area is 267 Å². The number of anilines is 1. The Bertz CT molecular complexity index is 1970. The highest BCUT2D eigenvalue weighted by Gasteiger charge is 2.39. The highest BCUT2D eigenvalue weighted by atomic mass is 19.4. The second-order valence-electron chi connectivity index (χ2n) is 11.7. The normalized spacial score (nSPS) is 15.7. The molecule has 0 spiro atoms. The summed E-state index contributed by atoms with van der Waals surface area (Å²) in [4.78, 5) is 30.1. The Morgan fingerprint density at radius 2 is 1.74 bits per heavy atom. The number of carbonyl (C=O) groups is 1. The molecule has 47 heavy (non-hydrogen) atoms. The number of benzene rings is 2. The van der Waals surface area contributed by atoms with Gasteiger partial charge in [-0.05, 0) is 54.2 Å². The van der Waals surface area contributed by atoms with E-state index in [2.05, 4.69) is 10.1 Å². The molecule has 1 amide bonds. The summed E-state index contributed by atoms with van der Waals surface area (Å²) in [5, 5.41) is 4.34. The number of amides is 1. The fraction of sp³-hybridized carbons (Fsp3) is 0.364. The molecule has 0 saturated carbocycles. The molecule has 1 fully saturated rings. The number of aromatic nitrogens is 6. The zero-order valence-electron chi connectivity index (χ0n) is 26.0. The summed E-state index contributed by atoms with van der Waals surface area (Å²) in [7, 11) is 4.52. The van der Waals surface area contributed by atoms with Crippen LogP contribution in [0.4, 0.5) is 19.0 Å². The van der Waals surface area contributed by atoms with Crippen molar-refractivity contribution in [1.29, 1.82) is 0 Å². The Balaban J connectivity index is 1.40. The molecule has 0 bridgehead atoms. The van der Waals surface area contributed by atoms with Gasteiger partial charge in [0.1, 0.15) is 11.6 Å². The van der Waals surface area contributed by atoms with Crippen molar-refractivity contribution in [2.45, 2.75) is 37.9 Å². The van der Waals surface area contributed by atoms with Gasteiger partial charge in [0.15, 0.2) is 17.2 Å². The van der Waals surface area contributed by atoms with Crippen molar-refractivity contribution in [3.05, 3.63) is 77.4 Å². The van der Waals surface area contributed by atoms with Crippen LogP contribution in [0.1, 0.15) is 51.8 Å². The number of halogens is 3. The highest BCUT2D eigenvalue weighted by Crippen LogP contribution is 2.42. The molecule has 11 nitrogen and oxygen atoms in total. The lowest BCUT2D eigenvalue weighted by Crippen LogP contribution is -2.39. The molecule has 0 aliphatic carbocycles. The molecule has 0 radical (unpaired) electrons. The average molecular weight is 648 g/mol. The van der Waals surface area contributed by atoms with Crippen molar-refractivity contribution in [2.24, 2.45) is 7.05 Å². The Hall–Kier alpha value is -4.98. The van der Waals surface area contributed by atoms with Crippen molar-refractivity contribution < 1.29 is 32.2 Å². The van der Waals surface area contributed by atoms with Crippen LogP contribution in [0.15, 0.2) is 49.2 Å². The quantitative estimate of drug-likeness (QED) is 0.231. The van der Waals surface area contributed by atoms with Crippen LogP contribution in [0.2, 0.25) is 0 Å². The fourth-order valence-corrected chi connectivity index (χ4v) is 6.48. The Kier molecular flexibility index (Phi) is 7.82. The number of carbonyl (C=O) groups excluding carboxylic acids is 1. The van der Waals surface area contributed by atoms with Crippen molar-refractivity contribution in [3.63, 3.8) is 0 Å². The molecule has 5 aromatic rings. The maximum Gasteiger partial charge on any atom is 0.435 e. The van der Waals surface area contributed by atoms with Crippen molar-refractivity contribution in [3.8, 4) is 22.6 Å². The maximum atomic E-state index is 14.6. The van der Waals surface area contributed by atoms with E-state index in [-0.39, 0.29) is 23.9 Å². The third-order valence-electron chi connectivity index (χ3n) is 8.72. The fourth-order valence-electron chi connectivity index (χ4n) is 6.48.